The molecular formula is C10H18N4S. The lowest BCUT2D eigenvalue weighted by molar-refractivity contribution is 0.367. The smallest absolute Gasteiger partial charge is 0.202 e. The summed E-state index contributed by atoms with van der Waals surface area (Å²) in [6.45, 7) is 5.25. The van der Waals surface area contributed by atoms with Crippen molar-refractivity contribution in [2.24, 2.45) is 0 Å². The summed E-state index contributed by atoms with van der Waals surface area (Å²) in [5, 5.41) is 4.29. The summed E-state index contributed by atoms with van der Waals surface area (Å²) in [5.41, 5.74) is 0. The first kappa shape index (κ1) is 10.8. The summed E-state index contributed by atoms with van der Waals surface area (Å²) in [4.78, 5) is 6.75. The highest BCUT2D eigenvalue weighted by molar-refractivity contribution is 7.09. The van der Waals surface area contributed by atoms with Gasteiger partial charge in [-0.2, -0.15) is 4.37 Å². The van der Waals surface area contributed by atoms with Crippen molar-refractivity contribution in [2.75, 3.05) is 32.0 Å². The van der Waals surface area contributed by atoms with E-state index in [1.807, 2.05) is 0 Å². The van der Waals surface area contributed by atoms with Crippen molar-refractivity contribution < 1.29 is 0 Å². The van der Waals surface area contributed by atoms with Gasteiger partial charge in [0.05, 0.1) is 0 Å². The maximum atomic E-state index is 4.47. The number of rotatable bonds is 6. The maximum absolute atomic E-state index is 4.47. The summed E-state index contributed by atoms with van der Waals surface area (Å²) < 4.78 is 4.35. The average Bonchev–Trinajstić information content (AvgIpc) is 2.99. The van der Waals surface area contributed by atoms with E-state index in [0.29, 0.717) is 5.92 Å². The standard InChI is InChI=1S/C10H18N4S/c1-3-14(2)7-6-11-10-12-9(13-15-10)8-4-5-8/h8H,3-7H2,1-2H3,(H,11,12,13). The molecule has 1 fully saturated rings. The number of nitrogens with zero attached hydrogens (tertiary/aromatic N) is 3. The SMILES string of the molecule is CCN(C)CCNc1nc(C2CC2)ns1. The molecule has 0 saturated heterocycles. The normalized spacial score (nSPS) is 15.9. The zero-order chi connectivity index (χ0) is 10.7. The van der Waals surface area contributed by atoms with Gasteiger partial charge >= 0.3 is 0 Å². The van der Waals surface area contributed by atoms with E-state index in [2.05, 4.69) is 33.5 Å². The summed E-state index contributed by atoms with van der Waals surface area (Å²) >= 11 is 1.49. The molecule has 0 unspecified atom stereocenters. The molecule has 0 aliphatic heterocycles. The lowest BCUT2D eigenvalue weighted by atomic mass is 10.4. The minimum atomic E-state index is 0.662. The van der Waals surface area contributed by atoms with Crippen molar-refractivity contribution in [1.29, 1.82) is 0 Å². The lowest BCUT2D eigenvalue weighted by Crippen LogP contribution is -2.24. The molecule has 15 heavy (non-hydrogen) atoms. The maximum Gasteiger partial charge on any atom is 0.202 e. The van der Waals surface area contributed by atoms with Crippen LogP contribution in [-0.4, -0.2) is 40.9 Å². The Bertz CT molecular complexity index is 308. The molecule has 5 heteroatoms. The van der Waals surface area contributed by atoms with Gasteiger partial charge < -0.3 is 10.2 Å². The molecule has 0 bridgehead atoms. The van der Waals surface area contributed by atoms with Crippen molar-refractivity contribution in [3.8, 4) is 0 Å². The molecule has 2 rings (SSSR count). The van der Waals surface area contributed by atoms with Crippen LogP contribution in [0, 0.1) is 0 Å². The van der Waals surface area contributed by atoms with Crippen LogP contribution in [0.4, 0.5) is 5.13 Å². The highest BCUT2D eigenvalue weighted by atomic mass is 32.1. The van der Waals surface area contributed by atoms with Crippen molar-refractivity contribution in [3.05, 3.63) is 5.82 Å². The van der Waals surface area contributed by atoms with Crippen molar-refractivity contribution in [2.45, 2.75) is 25.7 Å². The monoisotopic (exact) mass is 226 g/mol. The number of hydrogen-bond acceptors (Lipinski definition) is 5. The topological polar surface area (TPSA) is 41.0 Å². The molecule has 0 amide bonds. The predicted octanol–water partition coefficient (Wildman–Crippen LogP) is 1.78. The van der Waals surface area contributed by atoms with Gasteiger partial charge in [0.1, 0.15) is 5.82 Å². The molecule has 84 valence electrons. The molecule has 0 aromatic carbocycles. The number of anilines is 1. The van der Waals surface area contributed by atoms with Crippen LogP contribution >= 0.6 is 11.5 Å². The summed E-state index contributed by atoms with van der Waals surface area (Å²) in [5.74, 6) is 1.71. The summed E-state index contributed by atoms with van der Waals surface area (Å²) in [6.07, 6.45) is 2.55. The number of likely N-dealkylation sites (N-methyl/N-ethyl adjacent to an activating group) is 1. The Morgan fingerprint density at radius 2 is 2.33 bits per heavy atom. The molecule has 4 nitrogen and oxygen atoms in total. The molecule has 0 radical (unpaired) electrons. The fraction of sp³-hybridized carbons (Fsp3) is 0.800. The van der Waals surface area contributed by atoms with Crippen LogP contribution < -0.4 is 5.32 Å². The van der Waals surface area contributed by atoms with Crippen LogP contribution in [0.1, 0.15) is 31.5 Å². The van der Waals surface area contributed by atoms with E-state index in [1.54, 1.807) is 0 Å². The Hall–Kier alpha value is -0.680. The second kappa shape index (κ2) is 4.90. The van der Waals surface area contributed by atoms with Crippen LogP contribution in [0.2, 0.25) is 0 Å². The van der Waals surface area contributed by atoms with Crippen molar-refractivity contribution in [1.82, 2.24) is 14.3 Å². The minimum absolute atomic E-state index is 0.662. The molecule has 1 saturated carbocycles. The first-order valence-electron chi connectivity index (χ1n) is 5.55. The van der Waals surface area contributed by atoms with Gasteiger partial charge in [0.2, 0.25) is 5.13 Å². The third-order valence-corrected chi connectivity index (χ3v) is 3.38. The zero-order valence-corrected chi connectivity index (χ0v) is 10.2. The van der Waals surface area contributed by atoms with E-state index >= 15 is 0 Å². The van der Waals surface area contributed by atoms with Gasteiger partial charge in [-0.15, -0.1) is 0 Å². The molecule has 0 atom stereocenters. The molecule has 1 aromatic rings. The Morgan fingerprint density at radius 1 is 1.53 bits per heavy atom. The highest BCUT2D eigenvalue weighted by Gasteiger charge is 2.27. The third kappa shape index (κ3) is 3.14. The zero-order valence-electron chi connectivity index (χ0n) is 9.36. The summed E-state index contributed by atoms with van der Waals surface area (Å²) in [7, 11) is 2.12. The molecule has 1 aromatic heterocycles. The fourth-order valence-electron chi connectivity index (χ4n) is 1.33. The van der Waals surface area contributed by atoms with Crippen molar-refractivity contribution >= 4 is 16.7 Å². The van der Waals surface area contributed by atoms with E-state index in [9.17, 15) is 0 Å². The van der Waals surface area contributed by atoms with Crippen LogP contribution in [0.5, 0.6) is 0 Å². The molecule has 1 aliphatic rings. The van der Waals surface area contributed by atoms with Crippen LogP contribution in [-0.2, 0) is 0 Å². The molecule has 1 aliphatic carbocycles. The fourth-order valence-corrected chi connectivity index (χ4v) is 2.00. The largest absolute Gasteiger partial charge is 0.359 e. The number of nitrogens with one attached hydrogen (secondary N) is 1. The van der Waals surface area contributed by atoms with E-state index < -0.39 is 0 Å². The van der Waals surface area contributed by atoms with E-state index in [1.165, 1.54) is 24.4 Å². The number of aromatic nitrogens is 2. The predicted molar refractivity (Wildman–Crippen MR) is 63.5 cm³/mol. The average molecular weight is 226 g/mol. The first-order chi connectivity index (χ1) is 7.29. The van der Waals surface area contributed by atoms with E-state index in [-0.39, 0.29) is 0 Å². The summed E-state index contributed by atoms with van der Waals surface area (Å²) in [6, 6.07) is 0. The Balaban J connectivity index is 1.73. The van der Waals surface area contributed by atoms with Gasteiger partial charge in [0.15, 0.2) is 0 Å². The third-order valence-electron chi connectivity index (χ3n) is 2.69. The van der Waals surface area contributed by atoms with Crippen molar-refractivity contribution in [3.63, 3.8) is 0 Å². The Morgan fingerprint density at radius 3 is 3.00 bits per heavy atom. The lowest BCUT2D eigenvalue weighted by Gasteiger charge is -2.13. The molecular weight excluding hydrogens is 208 g/mol. The second-order valence-electron chi connectivity index (χ2n) is 4.05. The number of hydrogen-bond donors (Lipinski definition) is 1. The van der Waals surface area contributed by atoms with Gasteiger partial charge in [-0.3, -0.25) is 0 Å². The minimum Gasteiger partial charge on any atom is -0.359 e. The van der Waals surface area contributed by atoms with Gasteiger partial charge in [0, 0.05) is 30.5 Å². The highest BCUT2D eigenvalue weighted by Crippen LogP contribution is 2.39. The first-order valence-corrected chi connectivity index (χ1v) is 6.33. The van der Waals surface area contributed by atoms with Gasteiger partial charge in [0.25, 0.3) is 0 Å². The van der Waals surface area contributed by atoms with Gasteiger partial charge in [-0.25, -0.2) is 4.98 Å². The molecule has 1 heterocycles. The quantitative estimate of drug-likeness (QED) is 0.803. The van der Waals surface area contributed by atoms with Crippen LogP contribution in [0.25, 0.3) is 0 Å². The van der Waals surface area contributed by atoms with E-state index in [0.717, 1.165) is 30.6 Å². The Kier molecular flexibility index (Phi) is 3.53. The second-order valence-corrected chi connectivity index (χ2v) is 4.81. The van der Waals surface area contributed by atoms with Crippen LogP contribution in [0.3, 0.4) is 0 Å². The van der Waals surface area contributed by atoms with Crippen LogP contribution in [0.15, 0.2) is 0 Å². The van der Waals surface area contributed by atoms with Gasteiger partial charge in [-0.05, 0) is 26.4 Å². The van der Waals surface area contributed by atoms with Gasteiger partial charge in [-0.1, -0.05) is 6.92 Å². The molecule has 0 spiro atoms. The molecule has 1 N–H and O–H groups in total. The van der Waals surface area contributed by atoms with E-state index in [4.69, 9.17) is 0 Å². The Labute approximate surface area is 94.9 Å².